The quantitative estimate of drug-likeness (QED) is 0.255. The van der Waals surface area contributed by atoms with Gasteiger partial charge in [-0.1, -0.05) is 53.2 Å². The van der Waals surface area contributed by atoms with E-state index < -0.39 is 16.9 Å². The van der Waals surface area contributed by atoms with Crippen molar-refractivity contribution in [3.8, 4) is 0 Å². The van der Waals surface area contributed by atoms with E-state index >= 15 is 0 Å². The van der Waals surface area contributed by atoms with Gasteiger partial charge in [-0.15, -0.1) is 11.3 Å². The molecule has 0 radical (unpaired) electrons. The van der Waals surface area contributed by atoms with Crippen LogP contribution in [-0.4, -0.2) is 42.8 Å². The number of carbonyl (C=O) groups excluding carboxylic acids is 1. The number of rotatable bonds is 4. The standard InChI is InChI=1S/C17H16Cl2N4O2S3/c1-17(2)14(22(16(26)28-17)20-9-11-4-3-7-27-11)23(25)15(24)21-10-5-6-12(18)13(19)8-10/h3-9,14,25H,1-2H3,(H,21,24)/b20-9-/t14-/m0/s1. The highest BCUT2D eigenvalue weighted by molar-refractivity contribution is 8.24. The Kier molecular flexibility index (Phi) is 6.53. The van der Waals surface area contributed by atoms with Crippen LogP contribution in [0.2, 0.25) is 10.0 Å². The Bertz CT molecular complexity index is 921. The van der Waals surface area contributed by atoms with Gasteiger partial charge in [0.2, 0.25) is 0 Å². The maximum atomic E-state index is 12.6. The summed E-state index contributed by atoms with van der Waals surface area (Å²) in [5, 5.41) is 22.3. The van der Waals surface area contributed by atoms with E-state index in [4.69, 9.17) is 35.4 Å². The predicted octanol–water partition coefficient (Wildman–Crippen LogP) is 5.75. The molecule has 2 amide bonds. The van der Waals surface area contributed by atoms with Crippen LogP contribution in [0.25, 0.3) is 0 Å². The lowest BCUT2D eigenvalue weighted by molar-refractivity contribution is -0.114. The number of amides is 2. The lowest BCUT2D eigenvalue weighted by Gasteiger charge is -2.34. The minimum atomic E-state index is -0.802. The molecule has 6 nitrogen and oxygen atoms in total. The average Bonchev–Trinajstić information content (AvgIpc) is 3.21. The van der Waals surface area contributed by atoms with E-state index in [1.54, 1.807) is 18.3 Å². The van der Waals surface area contributed by atoms with Crippen molar-refractivity contribution in [2.45, 2.75) is 24.8 Å². The summed E-state index contributed by atoms with van der Waals surface area (Å²) >= 11 is 20.2. The summed E-state index contributed by atoms with van der Waals surface area (Å²) in [5.41, 5.74) is 0.401. The molecule has 0 saturated carbocycles. The molecule has 1 saturated heterocycles. The molecule has 1 fully saturated rings. The third-order valence-electron chi connectivity index (χ3n) is 3.85. The number of hydrazone groups is 1. The normalized spacial score (nSPS) is 18.7. The van der Waals surface area contributed by atoms with Crippen LogP contribution >= 0.6 is 58.5 Å². The molecule has 2 aromatic rings. The summed E-state index contributed by atoms with van der Waals surface area (Å²) in [7, 11) is 0. The summed E-state index contributed by atoms with van der Waals surface area (Å²) in [6.07, 6.45) is 0.848. The molecule has 0 bridgehead atoms. The lowest BCUT2D eigenvalue weighted by Crippen LogP contribution is -2.54. The van der Waals surface area contributed by atoms with Gasteiger partial charge in [0.15, 0.2) is 10.5 Å². The maximum Gasteiger partial charge on any atom is 0.347 e. The van der Waals surface area contributed by atoms with Gasteiger partial charge < -0.3 is 5.32 Å². The number of anilines is 1. The number of hydrogen-bond acceptors (Lipinski definition) is 6. The number of urea groups is 1. The van der Waals surface area contributed by atoms with Gasteiger partial charge in [-0.3, -0.25) is 5.21 Å². The Morgan fingerprint density at radius 3 is 2.79 bits per heavy atom. The van der Waals surface area contributed by atoms with E-state index in [0.29, 0.717) is 25.1 Å². The predicted molar refractivity (Wildman–Crippen MR) is 121 cm³/mol. The summed E-state index contributed by atoms with van der Waals surface area (Å²) in [5.74, 6) is 0. The first-order chi connectivity index (χ1) is 13.2. The molecule has 2 N–H and O–H groups in total. The molecule has 2 heterocycles. The Morgan fingerprint density at radius 2 is 2.14 bits per heavy atom. The number of nitrogens with one attached hydrogen (secondary N) is 1. The van der Waals surface area contributed by atoms with Crippen LogP contribution < -0.4 is 5.32 Å². The second-order valence-electron chi connectivity index (χ2n) is 6.35. The zero-order valence-corrected chi connectivity index (χ0v) is 18.8. The van der Waals surface area contributed by atoms with E-state index in [1.807, 2.05) is 31.4 Å². The zero-order valence-electron chi connectivity index (χ0n) is 14.8. The SMILES string of the molecule is CC1(C)SC(=S)N(/N=C\c2cccs2)[C@H]1N(O)C(=O)Nc1ccc(Cl)c(Cl)c1. The highest BCUT2D eigenvalue weighted by atomic mass is 35.5. The third-order valence-corrected chi connectivity index (χ3v) is 6.94. The Morgan fingerprint density at radius 1 is 1.39 bits per heavy atom. The second-order valence-corrected chi connectivity index (χ2v) is 10.4. The van der Waals surface area contributed by atoms with Crippen LogP contribution in [0.3, 0.4) is 0 Å². The van der Waals surface area contributed by atoms with E-state index in [1.165, 1.54) is 34.2 Å². The summed E-state index contributed by atoms with van der Waals surface area (Å²) < 4.78 is -0.127. The molecular weight excluding hydrogens is 459 g/mol. The second kappa shape index (κ2) is 8.56. The van der Waals surface area contributed by atoms with Crippen molar-refractivity contribution < 1.29 is 10.0 Å². The number of halogens is 2. The van der Waals surface area contributed by atoms with Crippen LogP contribution in [0.1, 0.15) is 18.7 Å². The molecule has 0 spiro atoms. The fraction of sp³-hybridized carbons (Fsp3) is 0.235. The number of benzene rings is 1. The molecule has 11 heteroatoms. The Hall–Kier alpha value is -1.36. The van der Waals surface area contributed by atoms with Crippen molar-refractivity contribution in [1.29, 1.82) is 0 Å². The first-order valence-electron chi connectivity index (χ1n) is 8.03. The fourth-order valence-electron chi connectivity index (χ4n) is 2.58. The molecule has 1 atom stereocenters. The van der Waals surface area contributed by atoms with Gasteiger partial charge in [-0.25, -0.2) is 9.80 Å². The summed E-state index contributed by atoms with van der Waals surface area (Å²) in [4.78, 5) is 13.6. The van der Waals surface area contributed by atoms with Gasteiger partial charge in [0.05, 0.1) is 21.0 Å². The average molecular weight is 475 g/mol. The maximum absolute atomic E-state index is 12.6. The van der Waals surface area contributed by atoms with Gasteiger partial charge in [0.25, 0.3) is 0 Å². The molecule has 3 rings (SSSR count). The summed E-state index contributed by atoms with van der Waals surface area (Å²) in [6, 6.07) is 7.73. The molecule has 1 aliphatic rings. The number of thioether (sulfide) groups is 1. The largest absolute Gasteiger partial charge is 0.347 e. The molecule has 1 aromatic heterocycles. The van der Waals surface area contributed by atoms with Crippen molar-refractivity contribution >= 4 is 80.8 Å². The van der Waals surface area contributed by atoms with Gasteiger partial charge in [-0.2, -0.15) is 10.2 Å². The molecule has 28 heavy (non-hydrogen) atoms. The summed E-state index contributed by atoms with van der Waals surface area (Å²) in [6.45, 7) is 3.76. The van der Waals surface area contributed by atoms with Crippen LogP contribution in [0.15, 0.2) is 40.8 Å². The molecule has 0 aliphatic carbocycles. The number of hydroxylamine groups is 2. The molecule has 1 aliphatic heterocycles. The topological polar surface area (TPSA) is 68.2 Å². The van der Waals surface area contributed by atoms with Gasteiger partial charge in [0, 0.05) is 10.6 Å². The van der Waals surface area contributed by atoms with Gasteiger partial charge in [0.1, 0.15) is 0 Å². The molecule has 0 unspecified atom stereocenters. The Balaban J connectivity index is 1.81. The third kappa shape index (κ3) is 4.61. The van der Waals surface area contributed by atoms with E-state index in [0.717, 1.165) is 4.88 Å². The number of thiophene rings is 1. The van der Waals surface area contributed by atoms with Crippen LogP contribution in [0, 0.1) is 0 Å². The van der Waals surface area contributed by atoms with Gasteiger partial charge >= 0.3 is 6.03 Å². The van der Waals surface area contributed by atoms with Crippen LogP contribution in [-0.2, 0) is 0 Å². The van der Waals surface area contributed by atoms with Crippen molar-refractivity contribution in [3.05, 3.63) is 50.6 Å². The van der Waals surface area contributed by atoms with Crippen molar-refractivity contribution in [3.63, 3.8) is 0 Å². The van der Waals surface area contributed by atoms with Crippen molar-refractivity contribution in [1.82, 2.24) is 10.1 Å². The number of carbonyl (C=O) groups is 1. The van der Waals surface area contributed by atoms with Gasteiger partial charge in [-0.05, 0) is 43.5 Å². The first kappa shape index (κ1) is 21.4. The minimum absolute atomic E-state index is 0.295. The fourth-order valence-corrected chi connectivity index (χ4v) is 5.24. The lowest BCUT2D eigenvalue weighted by atomic mass is 10.1. The highest BCUT2D eigenvalue weighted by Crippen LogP contribution is 2.42. The van der Waals surface area contributed by atoms with E-state index in [-0.39, 0.29) is 0 Å². The van der Waals surface area contributed by atoms with Crippen LogP contribution in [0.5, 0.6) is 0 Å². The Labute approximate surface area is 186 Å². The van der Waals surface area contributed by atoms with E-state index in [9.17, 15) is 10.0 Å². The van der Waals surface area contributed by atoms with E-state index in [2.05, 4.69) is 10.4 Å². The smallest absolute Gasteiger partial charge is 0.306 e. The first-order valence-corrected chi connectivity index (χ1v) is 10.9. The minimum Gasteiger partial charge on any atom is -0.306 e. The number of nitrogens with zero attached hydrogens (tertiary/aromatic N) is 3. The zero-order chi connectivity index (χ0) is 20.5. The van der Waals surface area contributed by atoms with Crippen molar-refractivity contribution in [2.75, 3.05) is 5.32 Å². The number of thiocarbonyl (C=S) groups is 1. The van der Waals surface area contributed by atoms with Crippen molar-refractivity contribution in [2.24, 2.45) is 5.10 Å². The highest BCUT2D eigenvalue weighted by Gasteiger charge is 2.50. The number of hydrogen-bond donors (Lipinski definition) is 2. The molecule has 148 valence electrons. The molecule has 1 aromatic carbocycles. The monoisotopic (exact) mass is 474 g/mol. The molecular formula is C17H16Cl2N4O2S3. The van der Waals surface area contributed by atoms with Crippen LogP contribution in [0.4, 0.5) is 10.5 Å².